The number of amides is 2. The molecule has 3 rings (SSSR count). The van der Waals surface area contributed by atoms with Crippen LogP contribution in [0.3, 0.4) is 0 Å². The van der Waals surface area contributed by atoms with Crippen LogP contribution in [-0.2, 0) is 13.1 Å². The average Bonchev–Trinajstić information content (AvgIpc) is 2.81. The molecule has 0 fully saturated rings. The molecule has 0 aliphatic carbocycles. The Labute approximate surface area is 183 Å². The zero-order chi connectivity index (χ0) is 23.1. The third-order valence-corrected chi connectivity index (χ3v) is 4.69. The summed E-state index contributed by atoms with van der Waals surface area (Å²) >= 11 is 0. The van der Waals surface area contributed by atoms with E-state index in [1.54, 1.807) is 42.5 Å². The summed E-state index contributed by atoms with van der Waals surface area (Å²) in [6.07, 6.45) is 0. The third kappa shape index (κ3) is 5.79. The monoisotopic (exact) mass is 432 g/mol. The van der Waals surface area contributed by atoms with Crippen molar-refractivity contribution in [2.45, 2.75) is 13.1 Å². The van der Waals surface area contributed by atoms with Crippen LogP contribution in [0.1, 0.15) is 52.6 Å². The normalized spacial score (nSPS) is 10.2. The Bertz CT molecular complexity index is 1070. The lowest BCUT2D eigenvalue weighted by atomic mass is 10.1. The minimum Gasteiger partial charge on any atom is -0.478 e. The molecule has 0 saturated heterocycles. The van der Waals surface area contributed by atoms with E-state index in [-0.39, 0.29) is 36.0 Å². The van der Waals surface area contributed by atoms with Crippen LogP contribution >= 0.6 is 0 Å². The number of carboxylic acids is 2. The van der Waals surface area contributed by atoms with E-state index in [1.807, 2.05) is 0 Å². The standard InChI is InChI=1S/C24H20N2O6/c27-21(25-13-15-4-8-17(9-5-15)23(29)30)19-2-1-3-20(12-19)22(28)26-14-16-6-10-18(11-7-16)24(31)32/h1-12H,13-14H2,(H,25,27)(H,26,28)(H,29,30)(H,31,32). The Morgan fingerprint density at radius 2 is 0.938 bits per heavy atom. The zero-order valence-corrected chi connectivity index (χ0v) is 16.9. The molecule has 0 unspecified atom stereocenters. The lowest BCUT2D eigenvalue weighted by molar-refractivity contribution is 0.0686. The molecule has 0 heterocycles. The van der Waals surface area contributed by atoms with E-state index in [0.717, 1.165) is 11.1 Å². The van der Waals surface area contributed by atoms with Gasteiger partial charge in [-0.3, -0.25) is 9.59 Å². The Balaban J connectivity index is 1.57. The minimum absolute atomic E-state index is 0.164. The minimum atomic E-state index is -1.02. The van der Waals surface area contributed by atoms with E-state index in [2.05, 4.69) is 10.6 Å². The molecule has 8 heteroatoms. The summed E-state index contributed by atoms with van der Waals surface area (Å²) in [6, 6.07) is 18.6. The summed E-state index contributed by atoms with van der Waals surface area (Å²) < 4.78 is 0. The van der Waals surface area contributed by atoms with Gasteiger partial charge in [0.1, 0.15) is 0 Å². The summed E-state index contributed by atoms with van der Waals surface area (Å²) in [5.74, 6) is -2.78. The zero-order valence-electron chi connectivity index (χ0n) is 16.9. The predicted molar refractivity (Wildman–Crippen MR) is 116 cm³/mol. The second-order valence-electron chi connectivity index (χ2n) is 6.95. The van der Waals surface area contributed by atoms with E-state index < -0.39 is 11.9 Å². The van der Waals surface area contributed by atoms with Crippen LogP contribution in [0, 0.1) is 0 Å². The summed E-state index contributed by atoms with van der Waals surface area (Å²) in [5.41, 5.74) is 2.43. The second kappa shape index (κ2) is 10.0. The largest absolute Gasteiger partial charge is 0.478 e. The molecule has 0 spiro atoms. The quantitative estimate of drug-likeness (QED) is 0.433. The first-order valence-electron chi connectivity index (χ1n) is 9.64. The van der Waals surface area contributed by atoms with Crippen LogP contribution in [0.5, 0.6) is 0 Å². The van der Waals surface area contributed by atoms with Crippen molar-refractivity contribution in [3.05, 3.63) is 106 Å². The fourth-order valence-corrected chi connectivity index (χ4v) is 2.90. The van der Waals surface area contributed by atoms with Crippen molar-refractivity contribution in [1.29, 1.82) is 0 Å². The number of hydrogen-bond acceptors (Lipinski definition) is 4. The molecule has 2 amide bonds. The molecule has 3 aromatic carbocycles. The highest BCUT2D eigenvalue weighted by atomic mass is 16.4. The predicted octanol–water partition coefficient (Wildman–Crippen LogP) is 2.94. The molecule has 0 saturated carbocycles. The first-order chi connectivity index (χ1) is 15.3. The van der Waals surface area contributed by atoms with E-state index in [1.165, 1.54) is 30.3 Å². The molecule has 3 aromatic rings. The van der Waals surface area contributed by atoms with Crippen molar-refractivity contribution in [3.8, 4) is 0 Å². The number of carboxylic acid groups (broad SMARTS) is 2. The maximum atomic E-state index is 12.4. The highest BCUT2D eigenvalue weighted by molar-refractivity contribution is 5.99. The molecule has 4 N–H and O–H groups in total. The maximum Gasteiger partial charge on any atom is 0.335 e. The molecule has 0 aliphatic rings. The first-order valence-corrected chi connectivity index (χ1v) is 9.64. The molecule has 0 bridgehead atoms. The van der Waals surface area contributed by atoms with Crippen molar-refractivity contribution in [2.75, 3.05) is 0 Å². The van der Waals surface area contributed by atoms with Gasteiger partial charge in [-0.25, -0.2) is 9.59 Å². The number of hydrogen-bond donors (Lipinski definition) is 4. The molecule has 0 aromatic heterocycles. The molecule has 0 aliphatic heterocycles. The molecule has 8 nitrogen and oxygen atoms in total. The molecule has 0 atom stereocenters. The van der Waals surface area contributed by atoms with Gasteiger partial charge in [-0.05, 0) is 53.6 Å². The number of aromatic carboxylic acids is 2. The van der Waals surface area contributed by atoms with E-state index in [0.29, 0.717) is 11.1 Å². The maximum absolute atomic E-state index is 12.4. The van der Waals surface area contributed by atoms with E-state index in [4.69, 9.17) is 10.2 Å². The summed E-state index contributed by atoms with van der Waals surface area (Å²) in [7, 11) is 0. The van der Waals surface area contributed by atoms with Gasteiger partial charge in [-0.2, -0.15) is 0 Å². The van der Waals surface area contributed by atoms with Crippen LogP contribution < -0.4 is 10.6 Å². The number of nitrogens with one attached hydrogen (secondary N) is 2. The first kappa shape index (κ1) is 22.2. The number of carbonyl (C=O) groups excluding carboxylic acids is 2. The van der Waals surface area contributed by atoms with E-state index in [9.17, 15) is 19.2 Å². The number of benzene rings is 3. The fraction of sp³-hybridized carbons (Fsp3) is 0.0833. The lowest BCUT2D eigenvalue weighted by Gasteiger charge is -2.09. The molecule has 32 heavy (non-hydrogen) atoms. The van der Waals surface area contributed by atoms with Crippen LogP contribution in [0.25, 0.3) is 0 Å². The van der Waals surface area contributed by atoms with Gasteiger partial charge in [-0.1, -0.05) is 30.3 Å². The smallest absolute Gasteiger partial charge is 0.335 e. The fourth-order valence-electron chi connectivity index (χ4n) is 2.90. The van der Waals surface area contributed by atoms with Crippen molar-refractivity contribution >= 4 is 23.8 Å². The van der Waals surface area contributed by atoms with Gasteiger partial charge >= 0.3 is 11.9 Å². The van der Waals surface area contributed by atoms with Gasteiger partial charge in [0.05, 0.1) is 11.1 Å². The van der Waals surface area contributed by atoms with Crippen LogP contribution in [0.2, 0.25) is 0 Å². The van der Waals surface area contributed by atoms with Crippen LogP contribution in [0.4, 0.5) is 0 Å². The van der Waals surface area contributed by atoms with Crippen LogP contribution in [0.15, 0.2) is 72.8 Å². The number of rotatable bonds is 8. The molecule has 162 valence electrons. The Morgan fingerprint density at radius 3 is 1.28 bits per heavy atom. The topological polar surface area (TPSA) is 133 Å². The molecule has 0 radical (unpaired) electrons. The Hall–Kier alpha value is -4.46. The van der Waals surface area contributed by atoms with E-state index >= 15 is 0 Å². The van der Waals surface area contributed by atoms with Gasteiger partial charge in [0, 0.05) is 24.2 Å². The summed E-state index contributed by atoms with van der Waals surface area (Å²) in [5, 5.41) is 23.3. The Kier molecular flexibility index (Phi) is 6.97. The SMILES string of the molecule is O=C(O)c1ccc(CNC(=O)c2cccc(C(=O)NCc3ccc(C(=O)O)cc3)c2)cc1. The van der Waals surface area contributed by atoms with Gasteiger partial charge in [-0.15, -0.1) is 0 Å². The average molecular weight is 432 g/mol. The van der Waals surface area contributed by atoms with Gasteiger partial charge in [0.15, 0.2) is 0 Å². The second-order valence-corrected chi connectivity index (χ2v) is 6.95. The number of carbonyl (C=O) groups is 4. The highest BCUT2D eigenvalue weighted by Gasteiger charge is 2.11. The molecular formula is C24H20N2O6. The van der Waals surface area contributed by atoms with Gasteiger partial charge in [0.25, 0.3) is 11.8 Å². The van der Waals surface area contributed by atoms with Gasteiger partial charge < -0.3 is 20.8 Å². The molecular weight excluding hydrogens is 412 g/mol. The van der Waals surface area contributed by atoms with Gasteiger partial charge in [0.2, 0.25) is 0 Å². The highest BCUT2D eigenvalue weighted by Crippen LogP contribution is 2.09. The van der Waals surface area contributed by atoms with Crippen molar-refractivity contribution in [1.82, 2.24) is 10.6 Å². The van der Waals surface area contributed by atoms with Crippen molar-refractivity contribution in [2.24, 2.45) is 0 Å². The Morgan fingerprint density at radius 1 is 0.562 bits per heavy atom. The van der Waals surface area contributed by atoms with Crippen LogP contribution in [-0.4, -0.2) is 34.0 Å². The summed E-state index contributed by atoms with van der Waals surface area (Å²) in [6.45, 7) is 0.420. The third-order valence-electron chi connectivity index (χ3n) is 4.69. The summed E-state index contributed by atoms with van der Waals surface area (Å²) in [4.78, 5) is 46.7. The lowest BCUT2D eigenvalue weighted by Crippen LogP contribution is -2.25. The van der Waals surface area contributed by atoms with Crippen molar-refractivity contribution in [3.63, 3.8) is 0 Å². The van der Waals surface area contributed by atoms with Crippen molar-refractivity contribution < 1.29 is 29.4 Å².